The number of hydrogen-bond acceptors (Lipinski definition) is 5. The van der Waals surface area contributed by atoms with Crippen molar-refractivity contribution in [2.45, 2.75) is 20.0 Å². The number of benzene rings is 3. The number of nitrogens with zero attached hydrogens (tertiary/aromatic N) is 2. The van der Waals surface area contributed by atoms with Gasteiger partial charge in [0.2, 0.25) is 0 Å². The van der Waals surface area contributed by atoms with Gasteiger partial charge in [0.1, 0.15) is 6.61 Å². The summed E-state index contributed by atoms with van der Waals surface area (Å²) in [6.45, 7) is 7.51. The molecule has 35 heavy (non-hydrogen) atoms. The molecule has 1 amide bonds. The number of carbonyl (C=O) groups is 1. The van der Waals surface area contributed by atoms with Crippen LogP contribution in [0.1, 0.15) is 23.6 Å². The predicted molar refractivity (Wildman–Crippen MR) is 143 cm³/mol. The average Bonchev–Trinajstić information content (AvgIpc) is 3.17. The largest absolute Gasteiger partial charge is 0.490 e. The van der Waals surface area contributed by atoms with E-state index >= 15 is 0 Å². The number of aliphatic imine (C=N–C) groups is 1. The Balaban J connectivity index is 1.62. The van der Waals surface area contributed by atoms with Gasteiger partial charge in [-0.25, -0.2) is 0 Å². The summed E-state index contributed by atoms with van der Waals surface area (Å²) in [7, 11) is 0. The summed E-state index contributed by atoms with van der Waals surface area (Å²) < 4.78 is 11.5. The Morgan fingerprint density at radius 1 is 0.943 bits per heavy atom. The number of amides is 1. The third kappa shape index (κ3) is 6.43. The molecular formula is C29H28N2O3S. The summed E-state index contributed by atoms with van der Waals surface area (Å²) in [6.07, 6.45) is 3.58. The molecule has 1 aliphatic heterocycles. The van der Waals surface area contributed by atoms with Crippen LogP contribution in [-0.2, 0) is 17.9 Å². The van der Waals surface area contributed by atoms with Gasteiger partial charge < -0.3 is 9.47 Å². The maximum Gasteiger partial charge on any atom is 0.267 e. The van der Waals surface area contributed by atoms with Crippen LogP contribution in [0.15, 0.2) is 101 Å². The highest BCUT2D eigenvalue weighted by Gasteiger charge is 2.33. The van der Waals surface area contributed by atoms with Crippen molar-refractivity contribution in [1.82, 2.24) is 4.90 Å². The first-order valence-electron chi connectivity index (χ1n) is 11.5. The third-order valence-corrected chi connectivity index (χ3v) is 6.28. The molecule has 178 valence electrons. The lowest BCUT2D eigenvalue weighted by molar-refractivity contribution is -0.122. The Morgan fingerprint density at radius 3 is 2.34 bits per heavy atom. The molecule has 0 N–H and O–H groups in total. The second-order valence-corrected chi connectivity index (χ2v) is 8.82. The molecule has 6 heteroatoms. The summed E-state index contributed by atoms with van der Waals surface area (Å²) in [4.78, 5) is 20.6. The number of thioether (sulfide) groups is 1. The normalized spacial score (nSPS) is 15.6. The van der Waals surface area contributed by atoms with Crippen LogP contribution < -0.4 is 9.47 Å². The number of rotatable bonds is 10. The van der Waals surface area contributed by atoms with Gasteiger partial charge in [0.25, 0.3) is 5.91 Å². The maximum atomic E-state index is 13.4. The molecule has 0 unspecified atom stereocenters. The average molecular weight is 485 g/mol. The summed E-state index contributed by atoms with van der Waals surface area (Å²) in [5.74, 6) is 1.23. The molecule has 3 aromatic carbocycles. The SMILES string of the molecule is C=CCOc1ccc(/C=C2\SC(=NCc3ccccc3)N(Cc3ccccc3)C2=O)cc1OCC. The van der Waals surface area contributed by atoms with Crippen LogP contribution in [0.25, 0.3) is 6.08 Å². The minimum atomic E-state index is -0.0596. The minimum Gasteiger partial charge on any atom is -0.490 e. The highest BCUT2D eigenvalue weighted by molar-refractivity contribution is 8.18. The summed E-state index contributed by atoms with van der Waals surface area (Å²) in [5.41, 5.74) is 3.01. The van der Waals surface area contributed by atoms with Crippen molar-refractivity contribution in [3.05, 3.63) is 113 Å². The molecule has 0 spiro atoms. The highest BCUT2D eigenvalue weighted by Crippen LogP contribution is 2.36. The van der Waals surface area contributed by atoms with E-state index in [9.17, 15) is 4.79 Å². The molecule has 0 bridgehead atoms. The van der Waals surface area contributed by atoms with E-state index in [1.165, 1.54) is 11.8 Å². The summed E-state index contributed by atoms with van der Waals surface area (Å²) in [5, 5.41) is 0.699. The lowest BCUT2D eigenvalue weighted by Gasteiger charge is -2.15. The predicted octanol–water partition coefficient (Wildman–Crippen LogP) is 6.32. The first kappa shape index (κ1) is 24.4. The van der Waals surface area contributed by atoms with Crippen LogP contribution in [-0.4, -0.2) is 29.2 Å². The zero-order chi connectivity index (χ0) is 24.5. The number of carbonyl (C=O) groups excluding carboxylic acids is 1. The van der Waals surface area contributed by atoms with Gasteiger partial charge in [-0.3, -0.25) is 14.7 Å². The first-order chi connectivity index (χ1) is 17.2. The standard InChI is InChI=1S/C29H28N2O3S/c1-3-17-34-25-16-15-24(18-26(25)33-4-2)19-27-28(32)31(21-23-13-9-6-10-14-23)29(35-27)30-20-22-11-7-5-8-12-22/h3,5-16,18-19H,1,4,17,20-21H2,2H3/b27-19-,30-29?. The smallest absolute Gasteiger partial charge is 0.267 e. The topological polar surface area (TPSA) is 51.1 Å². The van der Waals surface area contributed by atoms with Gasteiger partial charge in [-0.15, -0.1) is 0 Å². The fourth-order valence-corrected chi connectivity index (χ4v) is 4.55. The Kier molecular flexibility index (Phi) is 8.41. The summed E-state index contributed by atoms with van der Waals surface area (Å²) in [6, 6.07) is 25.7. The van der Waals surface area contributed by atoms with E-state index < -0.39 is 0 Å². The Bertz CT molecular complexity index is 1220. The van der Waals surface area contributed by atoms with Gasteiger partial charge in [0.15, 0.2) is 16.7 Å². The Hall–Kier alpha value is -3.77. The van der Waals surface area contributed by atoms with Crippen molar-refractivity contribution in [1.29, 1.82) is 0 Å². The van der Waals surface area contributed by atoms with Crippen molar-refractivity contribution in [2.75, 3.05) is 13.2 Å². The Labute approximate surface area is 210 Å². The lowest BCUT2D eigenvalue weighted by Crippen LogP contribution is -2.28. The Morgan fingerprint density at radius 2 is 1.66 bits per heavy atom. The number of ether oxygens (including phenoxy) is 2. The van der Waals surface area contributed by atoms with Crippen molar-refractivity contribution in [3.8, 4) is 11.5 Å². The molecule has 0 atom stereocenters. The van der Waals surface area contributed by atoms with E-state index in [-0.39, 0.29) is 5.91 Å². The van der Waals surface area contributed by atoms with Gasteiger partial charge in [0.05, 0.1) is 24.6 Å². The van der Waals surface area contributed by atoms with Crippen LogP contribution in [0, 0.1) is 0 Å². The van der Waals surface area contributed by atoms with Crippen molar-refractivity contribution in [2.24, 2.45) is 4.99 Å². The lowest BCUT2D eigenvalue weighted by atomic mass is 10.1. The van der Waals surface area contributed by atoms with E-state index in [0.717, 1.165) is 16.7 Å². The molecular weight excluding hydrogens is 456 g/mol. The van der Waals surface area contributed by atoms with Crippen molar-refractivity contribution in [3.63, 3.8) is 0 Å². The zero-order valence-corrected chi connectivity index (χ0v) is 20.5. The molecule has 0 radical (unpaired) electrons. The van der Waals surface area contributed by atoms with Gasteiger partial charge in [0, 0.05) is 0 Å². The van der Waals surface area contributed by atoms with Gasteiger partial charge in [-0.1, -0.05) is 79.4 Å². The number of hydrogen-bond donors (Lipinski definition) is 0. The molecule has 4 rings (SSSR count). The zero-order valence-electron chi connectivity index (χ0n) is 19.7. The third-order valence-electron chi connectivity index (χ3n) is 5.23. The molecule has 1 aliphatic rings. The first-order valence-corrected chi connectivity index (χ1v) is 12.3. The van der Waals surface area contributed by atoms with Crippen LogP contribution in [0.5, 0.6) is 11.5 Å². The second kappa shape index (κ2) is 12.1. The van der Waals surface area contributed by atoms with E-state index in [4.69, 9.17) is 14.5 Å². The molecule has 5 nitrogen and oxygen atoms in total. The highest BCUT2D eigenvalue weighted by atomic mass is 32.2. The van der Waals surface area contributed by atoms with Crippen molar-refractivity contribution < 1.29 is 14.3 Å². The van der Waals surface area contributed by atoms with E-state index in [1.807, 2.05) is 91.9 Å². The summed E-state index contributed by atoms with van der Waals surface area (Å²) >= 11 is 1.40. The van der Waals surface area contributed by atoms with Crippen LogP contribution >= 0.6 is 11.8 Å². The number of amidine groups is 1. The molecule has 0 saturated carbocycles. The van der Waals surface area contributed by atoms with Crippen LogP contribution in [0.2, 0.25) is 0 Å². The van der Waals surface area contributed by atoms with Gasteiger partial charge in [-0.05, 0) is 53.6 Å². The van der Waals surface area contributed by atoms with E-state index in [0.29, 0.717) is 47.9 Å². The van der Waals surface area contributed by atoms with Gasteiger partial charge in [-0.2, -0.15) is 0 Å². The van der Waals surface area contributed by atoms with E-state index in [1.54, 1.807) is 11.0 Å². The second-order valence-electron chi connectivity index (χ2n) is 7.81. The quantitative estimate of drug-likeness (QED) is 0.249. The minimum absolute atomic E-state index is 0.0596. The molecule has 0 aliphatic carbocycles. The fourth-order valence-electron chi connectivity index (χ4n) is 3.58. The maximum absolute atomic E-state index is 13.4. The van der Waals surface area contributed by atoms with Crippen molar-refractivity contribution >= 4 is 28.9 Å². The monoisotopic (exact) mass is 484 g/mol. The fraction of sp³-hybridized carbons (Fsp3) is 0.172. The van der Waals surface area contributed by atoms with E-state index in [2.05, 4.69) is 6.58 Å². The molecule has 3 aromatic rings. The molecule has 1 heterocycles. The van der Waals surface area contributed by atoms with Crippen LogP contribution in [0.4, 0.5) is 0 Å². The van der Waals surface area contributed by atoms with Crippen LogP contribution in [0.3, 0.4) is 0 Å². The molecule has 1 fully saturated rings. The molecule has 0 aromatic heterocycles. The molecule has 1 saturated heterocycles. The van der Waals surface area contributed by atoms with Gasteiger partial charge >= 0.3 is 0 Å².